The van der Waals surface area contributed by atoms with Crippen molar-refractivity contribution in [3.05, 3.63) is 108 Å². The van der Waals surface area contributed by atoms with Crippen LogP contribution >= 0.6 is 0 Å². The predicted molar refractivity (Wildman–Crippen MR) is 130 cm³/mol. The van der Waals surface area contributed by atoms with E-state index in [4.69, 9.17) is 0 Å². The molecule has 0 aromatic heterocycles. The molecular formula is C27H25N3O. The number of anilines is 2. The van der Waals surface area contributed by atoms with Crippen LogP contribution in [0.4, 0.5) is 11.4 Å². The number of hydrazone groups is 1. The largest absolute Gasteiger partial charge is 0.378 e. The predicted octanol–water partition coefficient (Wildman–Crippen LogP) is 5.64. The van der Waals surface area contributed by atoms with Gasteiger partial charge in [0.2, 0.25) is 0 Å². The number of hydrogen-bond acceptors (Lipinski definition) is 3. The van der Waals surface area contributed by atoms with E-state index in [1.54, 1.807) is 0 Å². The van der Waals surface area contributed by atoms with Gasteiger partial charge in [-0.25, -0.2) is 0 Å². The van der Waals surface area contributed by atoms with Crippen LogP contribution in [0.25, 0.3) is 11.6 Å². The zero-order valence-electron chi connectivity index (χ0n) is 18.0. The van der Waals surface area contributed by atoms with Gasteiger partial charge in [0, 0.05) is 19.8 Å². The van der Waals surface area contributed by atoms with Gasteiger partial charge in [-0.15, -0.1) is 0 Å². The second-order valence-electron chi connectivity index (χ2n) is 7.61. The first-order valence-electron chi connectivity index (χ1n) is 10.2. The van der Waals surface area contributed by atoms with Crippen LogP contribution in [0.5, 0.6) is 0 Å². The van der Waals surface area contributed by atoms with Gasteiger partial charge in [-0.05, 0) is 47.9 Å². The molecular weight excluding hydrogens is 382 g/mol. The maximum atomic E-state index is 13.4. The first-order chi connectivity index (χ1) is 15.0. The van der Waals surface area contributed by atoms with Crippen molar-refractivity contribution in [2.45, 2.75) is 6.92 Å². The van der Waals surface area contributed by atoms with E-state index in [0.29, 0.717) is 11.3 Å². The maximum Gasteiger partial charge on any atom is 0.281 e. The molecule has 4 rings (SSSR count). The lowest BCUT2D eigenvalue weighted by molar-refractivity contribution is -0.114. The van der Waals surface area contributed by atoms with Crippen molar-refractivity contribution in [3.8, 4) is 0 Å². The summed E-state index contributed by atoms with van der Waals surface area (Å²) in [6.45, 7) is 1.89. The Hall–Kier alpha value is -3.92. The molecule has 154 valence electrons. The van der Waals surface area contributed by atoms with E-state index in [9.17, 15) is 4.79 Å². The smallest absolute Gasteiger partial charge is 0.281 e. The highest BCUT2D eigenvalue weighted by Crippen LogP contribution is 2.30. The number of benzene rings is 3. The van der Waals surface area contributed by atoms with Crippen LogP contribution in [0.15, 0.2) is 102 Å². The average Bonchev–Trinajstić information content (AvgIpc) is 3.10. The molecule has 0 saturated heterocycles. The molecule has 31 heavy (non-hydrogen) atoms. The molecule has 0 fully saturated rings. The number of hydrogen-bond donors (Lipinski definition) is 0. The van der Waals surface area contributed by atoms with E-state index in [2.05, 4.69) is 34.3 Å². The summed E-state index contributed by atoms with van der Waals surface area (Å²) in [5.74, 6) is -0.116. The highest BCUT2D eigenvalue weighted by molar-refractivity contribution is 6.34. The number of amides is 1. The quantitative estimate of drug-likeness (QED) is 0.513. The molecule has 0 radical (unpaired) electrons. The second-order valence-corrected chi connectivity index (χ2v) is 7.61. The van der Waals surface area contributed by atoms with E-state index in [-0.39, 0.29) is 5.91 Å². The van der Waals surface area contributed by atoms with Crippen LogP contribution in [0.1, 0.15) is 18.1 Å². The van der Waals surface area contributed by atoms with Gasteiger partial charge in [0.25, 0.3) is 5.91 Å². The Bertz CT molecular complexity index is 1160. The zero-order valence-corrected chi connectivity index (χ0v) is 18.0. The molecule has 0 atom stereocenters. The van der Waals surface area contributed by atoms with Crippen LogP contribution in [-0.2, 0) is 4.79 Å². The lowest BCUT2D eigenvalue weighted by Gasteiger charge is -2.13. The third-order valence-corrected chi connectivity index (χ3v) is 5.22. The standard InChI is InChI=1S/C27H25N3O/c1-20-26(27(31)30(28-20)24-12-8-5-9-13-24)25(22-10-6-4-7-11-22)19-16-21-14-17-23(18-15-21)29(2)3/h4-19H,1-3H3/b19-16+,26-25-. The van der Waals surface area contributed by atoms with Gasteiger partial charge in [-0.2, -0.15) is 10.1 Å². The zero-order chi connectivity index (χ0) is 21.8. The molecule has 0 N–H and O–H groups in total. The Morgan fingerprint density at radius 1 is 0.871 bits per heavy atom. The van der Waals surface area contributed by atoms with Crippen molar-refractivity contribution >= 4 is 34.6 Å². The Morgan fingerprint density at radius 3 is 2.10 bits per heavy atom. The van der Waals surface area contributed by atoms with Gasteiger partial charge >= 0.3 is 0 Å². The normalized spacial score (nSPS) is 15.4. The van der Waals surface area contributed by atoms with Crippen LogP contribution in [0.2, 0.25) is 0 Å². The van der Waals surface area contributed by atoms with Crippen molar-refractivity contribution in [3.63, 3.8) is 0 Å². The van der Waals surface area contributed by atoms with Crippen LogP contribution in [0, 0.1) is 0 Å². The lowest BCUT2D eigenvalue weighted by atomic mass is 9.96. The summed E-state index contributed by atoms with van der Waals surface area (Å²) in [5.41, 5.74) is 6.15. The fourth-order valence-electron chi connectivity index (χ4n) is 3.57. The summed E-state index contributed by atoms with van der Waals surface area (Å²) in [4.78, 5) is 15.4. The number of carbonyl (C=O) groups is 1. The van der Waals surface area contributed by atoms with E-state index < -0.39 is 0 Å². The minimum absolute atomic E-state index is 0.116. The first-order valence-corrected chi connectivity index (χ1v) is 10.2. The lowest BCUT2D eigenvalue weighted by Crippen LogP contribution is -2.21. The number of carbonyl (C=O) groups excluding carboxylic acids is 1. The van der Waals surface area contributed by atoms with Crippen LogP contribution < -0.4 is 9.91 Å². The van der Waals surface area contributed by atoms with Crippen molar-refractivity contribution in [1.29, 1.82) is 0 Å². The van der Waals surface area contributed by atoms with Crippen molar-refractivity contribution in [1.82, 2.24) is 0 Å². The number of allylic oxidation sites excluding steroid dienone is 2. The third-order valence-electron chi connectivity index (χ3n) is 5.22. The van der Waals surface area contributed by atoms with Crippen LogP contribution in [-0.4, -0.2) is 25.7 Å². The molecule has 0 unspecified atom stereocenters. The minimum Gasteiger partial charge on any atom is -0.378 e. The number of para-hydroxylation sites is 1. The fourth-order valence-corrected chi connectivity index (χ4v) is 3.57. The van der Waals surface area contributed by atoms with E-state index in [1.807, 2.05) is 93.8 Å². The molecule has 0 bridgehead atoms. The van der Waals surface area contributed by atoms with Gasteiger partial charge in [-0.3, -0.25) is 4.79 Å². The molecule has 0 aliphatic carbocycles. The minimum atomic E-state index is -0.116. The van der Waals surface area contributed by atoms with E-state index in [0.717, 1.165) is 28.1 Å². The van der Waals surface area contributed by atoms with E-state index in [1.165, 1.54) is 5.01 Å². The monoisotopic (exact) mass is 407 g/mol. The van der Waals surface area contributed by atoms with E-state index >= 15 is 0 Å². The first kappa shape index (κ1) is 20.4. The molecule has 1 aliphatic rings. The molecule has 0 spiro atoms. The fraction of sp³-hybridized carbons (Fsp3) is 0.111. The Kier molecular flexibility index (Phi) is 5.80. The Balaban J connectivity index is 1.76. The molecule has 1 aliphatic heterocycles. The highest BCUT2D eigenvalue weighted by Gasteiger charge is 2.31. The summed E-state index contributed by atoms with van der Waals surface area (Å²) in [7, 11) is 4.05. The summed E-state index contributed by atoms with van der Waals surface area (Å²) >= 11 is 0. The Labute approximate surface area is 183 Å². The summed E-state index contributed by atoms with van der Waals surface area (Å²) in [5, 5.41) is 6.04. The number of nitrogens with zero attached hydrogens (tertiary/aromatic N) is 3. The van der Waals surface area contributed by atoms with Crippen LogP contribution in [0.3, 0.4) is 0 Å². The van der Waals surface area contributed by atoms with Gasteiger partial charge in [-0.1, -0.05) is 72.8 Å². The molecule has 1 amide bonds. The highest BCUT2D eigenvalue weighted by atomic mass is 16.2. The summed E-state index contributed by atoms with van der Waals surface area (Å²) in [6.07, 6.45) is 4.06. The van der Waals surface area contributed by atoms with Gasteiger partial charge in [0.15, 0.2) is 0 Å². The Morgan fingerprint density at radius 2 is 1.48 bits per heavy atom. The van der Waals surface area contributed by atoms with Crippen molar-refractivity contribution in [2.75, 3.05) is 24.0 Å². The van der Waals surface area contributed by atoms with Gasteiger partial charge in [0.05, 0.1) is 17.0 Å². The topological polar surface area (TPSA) is 35.9 Å². The molecule has 4 heteroatoms. The molecule has 4 nitrogen and oxygen atoms in total. The van der Waals surface area contributed by atoms with Gasteiger partial charge in [0.1, 0.15) is 0 Å². The summed E-state index contributed by atoms with van der Waals surface area (Å²) < 4.78 is 0. The van der Waals surface area contributed by atoms with Crippen molar-refractivity contribution < 1.29 is 4.79 Å². The maximum absolute atomic E-state index is 13.4. The summed E-state index contributed by atoms with van der Waals surface area (Å²) in [6, 6.07) is 27.8. The molecule has 3 aromatic carbocycles. The second kappa shape index (κ2) is 8.84. The molecule has 0 saturated carbocycles. The van der Waals surface area contributed by atoms with Crippen molar-refractivity contribution in [2.24, 2.45) is 5.10 Å². The molecule has 1 heterocycles. The third kappa shape index (κ3) is 4.33. The number of rotatable bonds is 5. The average molecular weight is 408 g/mol. The SMILES string of the molecule is CC1=NN(c2ccccc2)C(=O)/C1=C(/C=C/c1ccc(N(C)C)cc1)c1ccccc1. The molecule has 3 aromatic rings. The van der Waals surface area contributed by atoms with Gasteiger partial charge < -0.3 is 4.90 Å².